The van der Waals surface area contributed by atoms with Gasteiger partial charge in [0, 0.05) is 18.8 Å². The number of anilines is 2. The zero-order valence-corrected chi connectivity index (χ0v) is 13.1. The number of nitrogen functional groups attached to an aromatic ring is 1. The Morgan fingerprint density at radius 3 is 2.53 bits per heavy atom. The normalized spacial score (nSPS) is 17.6. The second-order valence-corrected chi connectivity index (χ2v) is 7.76. The van der Waals surface area contributed by atoms with Gasteiger partial charge in [0.15, 0.2) is 15.7 Å². The lowest BCUT2D eigenvalue weighted by Crippen LogP contribution is -2.36. The van der Waals surface area contributed by atoms with Crippen molar-refractivity contribution in [2.75, 3.05) is 23.4 Å². The highest BCUT2D eigenvalue weighted by Gasteiger charge is 2.29. The monoisotopic (exact) mass is 303 g/mol. The maximum absolute atomic E-state index is 11.9. The van der Waals surface area contributed by atoms with E-state index in [1.807, 2.05) is 0 Å². The molecule has 0 radical (unpaired) electrons. The Morgan fingerprint density at radius 2 is 2.00 bits per heavy atom. The van der Waals surface area contributed by atoms with Crippen molar-refractivity contribution in [3.05, 3.63) is 0 Å². The van der Waals surface area contributed by atoms with E-state index in [-0.39, 0.29) is 10.7 Å². The van der Waals surface area contributed by atoms with Crippen LogP contribution in [0.2, 0.25) is 0 Å². The Kier molecular flexibility index (Phi) is 4.35. The molecule has 108 valence electrons. The van der Waals surface area contributed by atoms with Crippen molar-refractivity contribution < 1.29 is 8.42 Å². The average Bonchev–Trinajstić information content (AvgIpc) is 2.73. The number of nitrogens with two attached hydrogens (primary N) is 1. The summed E-state index contributed by atoms with van der Waals surface area (Å²) in [5, 5.41) is 0.717. The van der Waals surface area contributed by atoms with E-state index >= 15 is 0 Å². The number of rotatable bonds is 4. The van der Waals surface area contributed by atoms with Gasteiger partial charge in [0.05, 0.1) is 0 Å². The van der Waals surface area contributed by atoms with Crippen LogP contribution in [0.15, 0.2) is 4.90 Å². The highest BCUT2D eigenvalue weighted by molar-refractivity contribution is 7.91. The highest BCUT2D eigenvalue weighted by atomic mass is 32.2. The van der Waals surface area contributed by atoms with Crippen molar-refractivity contribution in [2.45, 2.75) is 50.0 Å². The molecule has 0 aromatic carbocycles. The minimum atomic E-state index is -3.33. The van der Waals surface area contributed by atoms with E-state index in [0.29, 0.717) is 6.04 Å². The quantitative estimate of drug-likeness (QED) is 0.923. The third-order valence-electron chi connectivity index (χ3n) is 3.65. The number of hydrogen-bond donors (Lipinski definition) is 1. The first-order valence-corrected chi connectivity index (χ1v) is 9.33. The molecule has 0 bridgehead atoms. The Bertz CT molecular complexity index is 533. The molecule has 0 spiro atoms. The summed E-state index contributed by atoms with van der Waals surface area (Å²) in [4.78, 5) is 2.38. The fraction of sp³-hybridized carbons (Fsp3) is 0.750. The van der Waals surface area contributed by atoms with Crippen molar-refractivity contribution in [1.29, 1.82) is 0 Å². The lowest BCUT2D eigenvalue weighted by Gasteiger charge is -2.34. The number of aromatic nitrogens is 1. The molecule has 0 saturated heterocycles. The molecule has 1 fully saturated rings. The third kappa shape index (κ3) is 3.02. The van der Waals surface area contributed by atoms with Crippen LogP contribution in [-0.4, -0.2) is 31.6 Å². The van der Waals surface area contributed by atoms with Crippen molar-refractivity contribution in [1.82, 2.24) is 4.37 Å². The molecule has 1 aliphatic rings. The van der Waals surface area contributed by atoms with E-state index in [1.54, 1.807) is 0 Å². The van der Waals surface area contributed by atoms with Gasteiger partial charge >= 0.3 is 0 Å². The molecule has 1 heterocycles. The van der Waals surface area contributed by atoms with Crippen LogP contribution in [0, 0.1) is 0 Å². The number of hydrogen-bond acceptors (Lipinski definition) is 6. The first-order valence-electron chi connectivity index (χ1n) is 6.67. The van der Waals surface area contributed by atoms with Gasteiger partial charge in [-0.25, -0.2) is 8.42 Å². The molecule has 19 heavy (non-hydrogen) atoms. The number of nitrogens with zero attached hydrogens (tertiary/aromatic N) is 2. The van der Waals surface area contributed by atoms with Crippen molar-refractivity contribution in [3.8, 4) is 0 Å². The van der Waals surface area contributed by atoms with Crippen LogP contribution >= 0.6 is 11.5 Å². The molecule has 0 aliphatic heterocycles. The summed E-state index contributed by atoms with van der Waals surface area (Å²) in [5.41, 5.74) is 5.74. The Balaban J connectivity index is 2.38. The predicted octanol–water partition coefficient (Wildman–Crippen LogP) is 2.29. The first-order chi connectivity index (χ1) is 8.95. The minimum Gasteiger partial charge on any atom is -0.382 e. The summed E-state index contributed by atoms with van der Waals surface area (Å²) in [5.74, 6) is 0.136. The van der Waals surface area contributed by atoms with Crippen LogP contribution in [0.4, 0.5) is 10.8 Å². The molecular weight excluding hydrogens is 282 g/mol. The summed E-state index contributed by atoms with van der Waals surface area (Å²) < 4.78 is 27.8. The van der Waals surface area contributed by atoms with E-state index in [0.717, 1.165) is 24.4 Å². The molecule has 1 saturated carbocycles. The maximum atomic E-state index is 11.9. The first kappa shape index (κ1) is 14.6. The summed E-state index contributed by atoms with van der Waals surface area (Å²) in [6, 6.07) is 0.416. The molecule has 1 aromatic rings. The van der Waals surface area contributed by atoms with E-state index in [1.165, 1.54) is 37.1 Å². The van der Waals surface area contributed by atoms with Gasteiger partial charge in [-0.05, 0) is 31.3 Å². The zero-order valence-electron chi connectivity index (χ0n) is 11.4. The summed E-state index contributed by atoms with van der Waals surface area (Å²) in [6.45, 7) is 2.84. The van der Waals surface area contributed by atoms with Gasteiger partial charge in [0.25, 0.3) is 0 Å². The predicted molar refractivity (Wildman–Crippen MR) is 79.5 cm³/mol. The van der Waals surface area contributed by atoms with Crippen LogP contribution in [0.1, 0.15) is 39.0 Å². The smallest absolute Gasteiger partial charge is 0.182 e. The molecule has 2 N–H and O–H groups in total. The average molecular weight is 303 g/mol. The minimum absolute atomic E-state index is 0.136. The molecule has 1 aromatic heterocycles. The van der Waals surface area contributed by atoms with Crippen LogP contribution in [0.25, 0.3) is 0 Å². The molecule has 5 nitrogen and oxygen atoms in total. The van der Waals surface area contributed by atoms with E-state index in [2.05, 4.69) is 16.2 Å². The van der Waals surface area contributed by atoms with Gasteiger partial charge in [0.1, 0.15) is 9.90 Å². The van der Waals surface area contributed by atoms with E-state index in [4.69, 9.17) is 5.73 Å². The largest absolute Gasteiger partial charge is 0.382 e. The van der Waals surface area contributed by atoms with Crippen molar-refractivity contribution >= 4 is 32.2 Å². The zero-order chi connectivity index (χ0) is 14.0. The summed E-state index contributed by atoms with van der Waals surface area (Å²) in [6.07, 6.45) is 7.14. The molecule has 0 unspecified atom stereocenters. The van der Waals surface area contributed by atoms with Gasteiger partial charge in [-0.15, -0.1) is 0 Å². The van der Waals surface area contributed by atoms with Gasteiger partial charge in [-0.3, -0.25) is 0 Å². The van der Waals surface area contributed by atoms with Crippen molar-refractivity contribution in [3.63, 3.8) is 0 Å². The number of sulfone groups is 1. The molecule has 1 aliphatic carbocycles. The fourth-order valence-electron chi connectivity index (χ4n) is 2.78. The van der Waals surface area contributed by atoms with E-state index in [9.17, 15) is 8.42 Å². The van der Waals surface area contributed by atoms with Crippen LogP contribution < -0.4 is 10.6 Å². The SMILES string of the molecule is CCN(c1snc(N)c1S(C)(=O)=O)C1CCCCC1. The maximum Gasteiger partial charge on any atom is 0.182 e. The summed E-state index contributed by atoms with van der Waals surface area (Å²) in [7, 11) is -3.33. The molecular formula is C12H21N3O2S2. The summed E-state index contributed by atoms with van der Waals surface area (Å²) >= 11 is 1.20. The molecule has 7 heteroatoms. The lowest BCUT2D eigenvalue weighted by atomic mass is 9.94. The van der Waals surface area contributed by atoms with Gasteiger partial charge in [0.2, 0.25) is 0 Å². The van der Waals surface area contributed by atoms with Crippen LogP contribution in [0.3, 0.4) is 0 Å². The van der Waals surface area contributed by atoms with Gasteiger partial charge < -0.3 is 10.6 Å². The highest BCUT2D eigenvalue weighted by Crippen LogP contribution is 2.37. The second-order valence-electron chi connectivity index (χ2n) is 5.05. The Morgan fingerprint density at radius 1 is 1.37 bits per heavy atom. The molecule has 2 rings (SSSR count). The standard InChI is InChI=1S/C12H21N3O2S2/c1-3-15(9-7-5-4-6-8-9)12-10(19(2,16)17)11(13)14-18-12/h9H,3-8H2,1-2H3,(H2,13,14). The van der Waals surface area contributed by atoms with Gasteiger partial charge in [-0.2, -0.15) is 4.37 Å². The third-order valence-corrected chi connectivity index (χ3v) is 5.82. The van der Waals surface area contributed by atoms with Crippen molar-refractivity contribution in [2.24, 2.45) is 0 Å². The molecule has 0 amide bonds. The van der Waals surface area contributed by atoms with Crippen LogP contribution in [-0.2, 0) is 9.84 Å². The van der Waals surface area contributed by atoms with E-state index < -0.39 is 9.84 Å². The lowest BCUT2D eigenvalue weighted by molar-refractivity contribution is 0.418. The van der Waals surface area contributed by atoms with Gasteiger partial charge in [-0.1, -0.05) is 19.3 Å². The van der Waals surface area contributed by atoms with Crippen LogP contribution in [0.5, 0.6) is 0 Å². The topological polar surface area (TPSA) is 76.3 Å². The second kappa shape index (κ2) is 5.66. The Labute approximate surface area is 118 Å². The Hall–Kier alpha value is -0.820. The molecule has 0 atom stereocenters. The fourth-order valence-corrected chi connectivity index (χ4v) is 5.11.